The van der Waals surface area contributed by atoms with Crippen LogP contribution in [-0.4, -0.2) is 30.9 Å². The molecule has 0 bridgehead atoms. The van der Waals surface area contributed by atoms with Crippen molar-refractivity contribution in [2.75, 3.05) is 5.32 Å². The van der Waals surface area contributed by atoms with E-state index >= 15 is 0 Å². The van der Waals surface area contributed by atoms with Crippen LogP contribution in [0.25, 0.3) is 5.82 Å². The number of anilines is 1. The number of aromatic hydroxyl groups is 1. The van der Waals surface area contributed by atoms with Crippen LogP contribution in [0.2, 0.25) is 0 Å². The number of hydrogen-bond acceptors (Lipinski definition) is 5. The van der Waals surface area contributed by atoms with E-state index in [2.05, 4.69) is 15.4 Å². The van der Waals surface area contributed by atoms with Crippen LogP contribution in [0.3, 0.4) is 0 Å². The van der Waals surface area contributed by atoms with Crippen LogP contribution in [0, 0.1) is 0 Å². The minimum absolute atomic E-state index is 0.0589. The molecule has 0 aliphatic heterocycles. The van der Waals surface area contributed by atoms with Gasteiger partial charge in [-0.3, -0.25) is 4.79 Å². The number of aromatic nitrogens is 3. The van der Waals surface area contributed by atoms with Gasteiger partial charge >= 0.3 is 0 Å². The van der Waals surface area contributed by atoms with Crippen molar-refractivity contribution in [2.24, 2.45) is 0 Å². The van der Waals surface area contributed by atoms with E-state index < -0.39 is 5.91 Å². The first kappa shape index (κ1) is 14.7. The Kier molecular flexibility index (Phi) is 4.03. The highest BCUT2D eigenvalue weighted by molar-refractivity contribution is 6.03. The van der Waals surface area contributed by atoms with E-state index in [4.69, 9.17) is 5.11 Å². The number of nitrogens with one attached hydrogen (secondary N) is 1. The molecular formula is C16H14N4O3. The fourth-order valence-electron chi connectivity index (χ4n) is 2.02. The van der Waals surface area contributed by atoms with Crippen molar-refractivity contribution in [3.05, 3.63) is 66.0 Å². The molecule has 0 saturated heterocycles. The largest absolute Gasteiger partial charge is 0.493 e. The summed E-state index contributed by atoms with van der Waals surface area (Å²) in [5.41, 5.74) is 1.39. The van der Waals surface area contributed by atoms with Crippen LogP contribution >= 0.6 is 0 Å². The molecule has 3 rings (SSSR count). The maximum atomic E-state index is 12.2. The van der Waals surface area contributed by atoms with Crippen LogP contribution in [0.1, 0.15) is 16.1 Å². The van der Waals surface area contributed by atoms with Gasteiger partial charge in [0.2, 0.25) is 5.88 Å². The van der Waals surface area contributed by atoms with Gasteiger partial charge in [-0.1, -0.05) is 18.2 Å². The van der Waals surface area contributed by atoms with Gasteiger partial charge in [0.1, 0.15) is 0 Å². The fraction of sp³-hybridized carbons (Fsp3) is 0.0625. The quantitative estimate of drug-likeness (QED) is 0.681. The Hall–Kier alpha value is -3.19. The van der Waals surface area contributed by atoms with E-state index in [-0.39, 0.29) is 18.2 Å². The lowest BCUT2D eigenvalue weighted by Gasteiger charge is -2.04. The van der Waals surface area contributed by atoms with E-state index in [9.17, 15) is 9.90 Å². The van der Waals surface area contributed by atoms with Gasteiger partial charge in [0.15, 0.2) is 11.5 Å². The molecule has 0 aliphatic rings. The third kappa shape index (κ3) is 3.19. The second kappa shape index (κ2) is 6.29. The summed E-state index contributed by atoms with van der Waals surface area (Å²) >= 11 is 0. The number of pyridine rings is 1. The first-order chi connectivity index (χ1) is 11.2. The molecule has 2 heterocycles. The molecule has 2 aromatic heterocycles. The molecule has 23 heavy (non-hydrogen) atoms. The Morgan fingerprint density at radius 1 is 1.17 bits per heavy atom. The molecule has 0 fully saturated rings. The van der Waals surface area contributed by atoms with Crippen molar-refractivity contribution in [3.8, 4) is 11.7 Å². The van der Waals surface area contributed by atoms with E-state index in [1.54, 1.807) is 48.7 Å². The van der Waals surface area contributed by atoms with Crippen LogP contribution in [-0.2, 0) is 6.61 Å². The van der Waals surface area contributed by atoms with Gasteiger partial charge in [0.25, 0.3) is 5.91 Å². The predicted octanol–water partition coefficient (Wildman–Crippen LogP) is 1.72. The number of carbonyl (C=O) groups excluding carboxylic acids is 1. The fourth-order valence-corrected chi connectivity index (χ4v) is 2.02. The molecule has 0 spiro atoms. The van der Waals surface area contributed by atoms with Crippen LogP contribution in [0.4, 0.5) is 5.69 Å². The second-order valence-corrected chi connectivity index (χ2v) is 4.80. The highest BCUT2D eigenvalue weighted by Gasteiger charge is 2.15. The number of aliphatic hydroxyl groups is 1. The molecule has 3 N–H and O–H groups in total. The van der Waals surface area contributed by atoms with Gasteiger partial charge in [-0.2, -0.15) is 9.78 Å². The summed E-state index contributed by atoms with van der Waals surface area (Å²) in [5, 5.41) is 25.7. The third-order valence-corrected chi connectivity index (χ3v) is 3.18. The van der Waals surface area contributed by atoms with Gasteiger partial charge in [0, 0.05) is 18.0 Å². The molecule has 0 unspecified atom stereocenters. The summed E-state index contributed by atoms with van der Waals surface area (Å²) in [7, 11) is 0. The molecule has 7 heteroatoms. The number of benzene rings is 1. The van der Waals surface area contributed by atoms with E-state index in [0.717, 1.165) is 5.56 Å². The van der Waals surface area contributed by atoms with Crippen molar-refractivity contribution in [1.82, 2.24) is 14.8 Å². The first-order valence-electron chi connectivity index (χ1n) is 6.89. The van der Waals surface area contributed by atoms with Crippen molar-refractivity contribution in [2.45, 2.75) is 6.61 Å². The van der Waals surface area contributed by atoms with Gasteiger partial charge in [0.05, 0.1) is 6.61 Å². The maximum absolute atomic E-state index is 12.2. The van der Waals surface area contributed by atoms with E-state index in [1.165, 1.54) is 10.7 Å². The summed E-state index contributed by atoms with van der Waals surface area (Å²) in [5.74, 6) is -0.215. The summed E-state index contributed by atoms with van der Waals surface area (Å²) in [6, 6.07) is 13.2. The average molecular weight is 310 g/mol. The van der Waals surface area contributed by atoms with Gasteiger partial charge in [-0.05, 0) is 29.8 Å². The molecule has 1 amide bonds. The van der Waals surface area contributed by atoms with Crippen LogP contribution in [0.15, 0.2) is 54.7 Å². The van der Waals surface area contributed by atoms with Gasteiger partial charge in [-0.25, -0.2) is 4.98 Å². The topological polar surface area (TPSA) is 100 Å². The van der Waals surface area contributed by atoms with Crippen LogP contribution < -0.4 is 5.32 Å². The molecule has 0 atom stereocenters. The molecule has 1 aromatic carbocycles. The summed E-state index contributed by atoms with van der Waals surface area (Å²) in [6.07, 6.45) is 1.57. The molecule has 0 radical (unpaired) electrons. The lowest BCUT2D eigenvalue weighted by atomic mass is 10.2. The molecule has 3 aromatic rings. The smallest absolute Gasteiger partial charge is 0.276 e. The molecule has 116 valence electrons. The highest BCUT2D eigenvalue weighted by Crippen LogP contribution is 2.17. The third-order valence-electron chi connectivity index (χ3n) is 3.18. The average Bonchev–Trinajstić information content (AvgIpc) is 2.98. The summed E-state index contributed by atoms with van der Waals surface area (Å²) in [4.78, 5) is 16.3. The lowest BCUT2D eigenvalue weighted by Crippen LogP contribution is -2.13. The van der Waals surface area contributed by atoms with Gasteiger partial charge in [-0.15, -0.1) is 0 Å². The van der Waals surface area contributed by atoms with E-state index in [0.29, 0.717) is 11.5 Å². The Morgan fingerprint density at radius 3 is 2.61 bits per heavy atom. The van der Waals surface area contributed by atoms with Crippen molar-refractivity contribution >= 4 is 11.6 Å². The first-order valence-corrected chi connectivity index (χ1v) is 6.89. The minimum atomic E-state index is -0.452. The molecular weight excluding hydrogens is 296 g/mol. The number of carbonyl (C=O) groups is 1. The molecule has 0 saturated carbocycles. The zero-order valence-electron chi connectivity index (χ0n) is 12.0. The summed E-state index contributed by atoms with van der Waals surface area (Å²) < 4.78 is 1.18. The van der Waals surface area contributed by atoms with Crippen molar-refractivity contribution < 1.29 is 15.0 Å². The maximum Gasteiger partial charge on any atom is 0.276 e. The molecule has 0 aliphatic carbocycles. The normalized spacial score (nSPS) is 10.5. The lowest BCUT2D eigenvalue weighted by molar-refractivity contribution is 0.102. The van der Waals surface area contributed by atoms with Crippen molar-refractivity contribution in [1.29, 1.82) is 0 Å². The van der Waals surface area contributed by atoms with Crippen LogP contribution in [0.5, 0.6) is 5.88 Å². The Morgan fingerprint density at radius 2 is 1.96 bits per heavy atom. The SMILES string of the molecule is O=C(Nc1ccc(CO)cc1)c1cc(O)n(-c2ccccn2)n1. The second-order valence-electron chi connectivity index (χ2n) is 4.80. The van der Waals surface area contributed by atoms with Gasteiger partial charge < -0.3 is 15.5 Å². The zero-order valence-corrected chi connectivity index (χ0v) is 12.0. The standard InChI is InChI=1S/C16H14N4O3/c21-10-11-4-6-12(7-5-11)18-16(23)13-9-15(22)20(19-13)14-3-1-2-8-17-14/h1-9,21-22H,10H2,(H,18,23). The predicted molar refractivity (Wildman–Crippen MR) is 83.3 cm³/mol. The number of rotatable bonds is 4. The Bertz CT molecular complexity index is 813. The Balaban J connectivity index is 1.80. The number of nitrogens with zero attached hydrogens (tertiary/aromatic N) is 3. The molecule has 7 nitrogen and oxygen atoms in total. The summed E-state index contributed by atoms with van der Waals surface area (Å²) in [6.45, 7) is -0.0589. The Labute approximate surface area is 131 Å². The minimum Gasteiger partial charge on any atom is -0.493 e. The van der Waals surface area contributed by atoms with Crippen molar-refractivity contribution in [3.63, 3.8) is 0 Å². The zero-order chi connectivity index (χ0) is 16.2. The number of aliphatic hydroxyl groups excluding tert-OH is 1. The highest BCUT2D eigenvalue weighted by atomic mass is 16.3. The monoisotopic (exact) mass is 310 g/mol. The number of amides is 1. The number of hydrogen-bond donors (Lipinski definition) is 3. The van der Waals surface area contributed by atoms with E-state index in [1.807, 2.05) is 0 Å².